The Morgan fingerprint density at radius 2 is 1.89 bits per heavy atom. The lowest BCUT2D eigenvalue weighted by molar-refractivity contribution is -0.134. The molecule has 2 rings (SSSR count). The molecule has 1 fully saturated rings. The van der Waals surface area contributed by atoms with Crippen molar-refractivity contribution in [2.24, 2.45) is 5.92 Å². The molecule has 2 amide bonds. The van der Waals surface area contributed by atoms with Gasteiger partial charge < -0.3 is 5.32 Å². The zero-order chi connectivity index (χ0) is 14.0. The van der Waals surface area contributed by atoms with Gasteiger partial charge in [0.05, 0.1) is 0 Å². The van der Waals surface area contributed by atoms with Crippen LogP contribution < -0.4 is 10.2 Å². The standard InChI is InChI=1S/C15H20N2O2/c1-4-10(2)13-15(19)17(11(3)14(18)16-13)12-8-6-5-7-9-12/h5-11,13H,4H2,1-3H3,(H,16,18). The number of piperazine rings is 1. The van der Waals surface area contributed by atoms with E-state index >= 15 is 0 Å². The van der Waals surface area contributed by atoms with E-state index in [9.17, 15) is 9.59 Å². The fourth-order valence-electron chi connectivity index (χ4n) is 2.35. The first-order chi connectivity index (χ1) is 9.06. The zero-order valence-electron chi connectivity index (χ0n) is 11.6. The van der Waals surface area contributed by atoms with Crippen molar-refractivity contribution in [2.45, 2.75) is 39.3 Å². The van der Waals surface area contributed by atoms with Gasteiger partial charge in [-0.3, -0.25) is 14.5 Å². The lowest BCUT2D eigenvalue weighted by Crippen LogP contribution is -2.64. The van der Waals surface area contributed by atoms with Crippen LogP contribution in [-0.2, 0) is 9.59 Å². The van der Waals surface area contributed by atoms with Gasteiger partial charge >= 0.3 is 0 Å². The summed E-state index contributed by atoms with van der Waals surface area (Å²) >= 11 is 0. The Morgan fingerprint density at radius 1 is 1.26 bits per heavy atom. The normalized spacial score (nSPS) is 25.1. The molecule has 0 aliphatic carbocycles. The monoisotopic (exact) mass is 260 g/mol. The molecule has 1 heterocycles. The molecule has 0 spiro atoms. The van der Waals surface area contributed by atoms with Gasteiger partial charge in [-0.25, -0.2) is 0 Å². The highest BCUT2D eigenvalue weighted by Gasteiger charge is 2.40. The highest BCUT2D eigenvalue weighted by Crippen LogP contribution is 2.24. The summed E-state index contributed by atoms with van der Waals surface area (Å²) in [6.45, 7) is 5.77. The molecular formula is C15H20N2O2. The third-order valence-electron chi connectivity index (χ3n) is 3.82. The number of benzene rings is 1. The van der Waals surface area contributed by atoms with Crippen LogP contribution in [0, 0.1) is 5.92 Å². The van der Waals surface area contributed by atoms with Gasteiger partial charge in [-0.1, -0.05) is 38.5 Å². The fourth-order valence-corrected chi connectivity index (χ4v) is 2.35. The van der Waals surface area contributed by atoms with Crippen molar-refractivity contribution in [1.29, 1.82) is 0 Å². The molecular weight excluding hydrogens is 240 g/mol. The van der Waals surface area contributed by atoms with Gasteiger partial charge in [0.15, 0.2) is 0 Å². The summed E-state index contributed by atoms with van der Waals surface area (Å²) in [5, 5.41) is 2.84. The predicted octanol–water partition coefficient (Wildman–Crippen LogP) is 1.95. The minimum Gasteiger partial charge on any atom is -0.342 e. The van der Waals surface area contributed by atoms with Gasteiger partial charge in [0.1, 0.15) is 12.1 Å². The molecule has 4 heteroatoms. The van der Waals surface area contributed by atoms with E-state index in [1.807, 2.05) is 44.2 Å². The number of anilines is 1. The van der Waals surface area contributed by atoms with Crippen LogP contribution in [0.25, 0.3) is 0 Å². The largest absolute Gasteiger partial charge is 0.342 e. The number of hydrogen-bond acceptors (Lipinski definition) is 2. The minimum atomic E-state index is -0.463. The van der Waals surface area contributed by atoms with Crippen molar-refractivity contribution in [2.75, 3.05) is 4.90 Å². The number of carbonyl (C=O) groups is 2. The van der Waals surface area contributed by atoms with E-state index in [1.54, 1.807) is 11.8 Å². The average molecular weight is 260 g/mol. The van der Waals surface area contributed by atoms with E-state index in [0.717, 1.165) is 12.1 Å². The molecule has 1 aliphatic heterocycles. The maximum Gasteiger partial charge on any atom is 0.250 e. The van der Waals surface area contributed by atoms with Crippen molar-refractivity contribution in [3.05, 3.63) is 30.3 Å². The molecule has 102 valence electrons. The summed E-state index contributed by atoms with van der Waals surface area (Å²) in [6.07, 6.45) is 0.855. The van der Waals surface area contributed by atoms with Crippen molar-refractivity contribution in [1.82, 2.24) is 5.32 Å². The minimum absolute atomic E-state index is 0.0207. The number of hydrogen-bond donors (Lipinski definition) is 1. The summed E-state index contributed by atoms with van der Waals surface area (Å²) in [5.41, 5.74) is 0.781. The SMILES string of the molecule is CCC(C)C1NC(=O)C(C)N(c2ccccc2)C1=O. The number of carbonyl (C=O) groups excluding carboxylic acids is 2. The second-order valence-electron chi connectivity index (χ2n) is 5.09. The molecule has 19 heavy (non-hydrogen) atoms. The second-order valence-corrected chi connectivity index (χ2v) is 5.09. The topological polar surface area (TPSA) is 49.4 Å². The number of nitrogens with one attached hydrogen (secondary N) is 1. The highest BCUT2D eigenvalue weighted by molar-refractivity contribution is 6.08. The molecule has 4 nitrogen and oxygen atoms in total. The Kier molecular flexibility index (Phi) is 3.88. The first-order valence-corrected chi connectivity index (χ1v) is 6.74. The maximum atomic E-state index is 12.6. The third-order valence-corrected chi connectivity index (χ3v) is 3.82. The van der Waals surface area contributed by atoms with E-state index in [1.165, 1.54) is 0 Å². The van der Waals surface area contributed by atoms with E-state index in [0.29, 0.717) is 0 Å². The first kappa shape index (κ1) is 13.6. The van der Waals surface area contributed by atoms with E-state index < -0.39 is 12.1 Å². The van der Waals surface area contributed by atoms with Crippen LogP contribution in [0.5, 0.6) is 0 Å². The van der Waals surface area contributed by atoms with E-state index in [4.69, 9.17) is 0 Å². The molecule has 0 radical (unpaired) electrons. The lowest BCUT2D eigenvalue weighted by Gasteiger charge is -2.39. The molecule has 3 atom stereocenters. The second kappa shape index (κ2) is 5.43. The maximum absolute atomic E-state index is 12.6. The van der Waals surface area contributed by atoms with Crippen LogP contribution >= 0.6 is 0 Å². The summed E-state index contributed by atoms with van der Waals surface area (Å²) in [6, 6.07) is 8.49. The Balaban J connectivity index is 2.35. The van der Waals surface area contributed by atoms with E-state index in [2.05, 4.69) is 5.32 Å². The van der Waals surface area contributed by atoms with Crippen molar-refractivity contribution < 1.29 is 9.59 Å². The van der Waals surface area contributed by atoms with Crippen LogP contribution in [0.15, 0.2) is 30.3 Å². The summed E-state index contributed by atoms with van der Waals surface area (Å²) in [7, 11) is 0. The summed E-state index contributed by atoms with van der Waals surface area (Å²) < 4.78 is 0. The molecule has 0 saturated carbocycles. The van der Waals surface area contributed by atoms with Crippen molar-refractivity contribution in [3.8, 4) is 0 Å². The number of nitrogens with zero attached hydrogens (tertiary/aromatic N) is 1. The van der Waals surface area contributed by atoms with Gasteiger partial charge in [-0.15, -0.1) is 0 Å². The van der Waals surface area contributed by atoms with Crippen LogP contribution in [0.3, 0.4) is 0 Å². The summed E-state index contributed by atoms with van der Waals surface area (Å²) in [4.78, 5) is 26.2. The zero-order valence-corrected chi connectivity index (χ0v) is 11.6. The summed E-state index contributed by atoms with van der Waals surface area (Å²) in [5.74, 6) is 0.0246. The molecule has 1 saturated heterocycles. The smallest absolute Gasteiger partial charge is 0.250 e. The Morgan fingerprint density at radius 3 is 2.47 bits per heavy atom. The van der Waals surface area contributed by atoms with Crippen LogP contribution in [0.2, 0.25) is 0 Å². The van der Waals surface area contributed by atoms with Gasteiger partial charge in [-0.05, 0) is 25.0 Å². The van der Waals surface area contributed by atoms with Gasteiger partial charge in [0, 0.05) is 5.69 Å². The van der Waals surface area contributed by atoms with Crippen LogP contribution in [-0.4, -0.2) is 23.9 Å². The predicted molar refractivity (Wildman–Crippen MR) is 74.8 cm³/mol. The van der Waals surface area contributed by atoms with Crippen LogP contribution in [0.1, 0.15) is 27.2 Å². The molecule has 1 aromatic carbocycles. The first-order valence-electron chi connectivity index (χ1n) is 6.74. The molecule has 1 N–H and O–H groups in total. The van der Waals surface area contributed by atoms with Crippen molar-refractivity contribution in [3.63, 3.8) is 0 Å². The lowest BCUT2D eigenvalue weighted by atomic mass is 9.94. The highest BCUT2D eigenvalue weighted by atomic mass is 16.2. The molecule has 3 unspecified atom stereocenters. The molecule has 0 aromatic heterocycles. The molecule has 1 aliphatic rings. The Bertz CT molecular complexity index is 472. The fraction of sp³-hybridized carbons (Fsp3) is 0.467. The van der Waals surface area contributed by atoms with Gasteiger partial charge in [0.25, 0.3) is 5.91 Å². The Labute approximate surface area is 113 Å². The average Bonchev–Trinajstić information content (AvgIpc) is 2.43. The van der Waals surface area contributed by atoms with Gasteiger partial charge in [0.2, 0.25) is 5.91 Å². The van der Waals surface area contributed by atoms with Crippen molar-refractivity contribution >= 4 is 17.5 Å². The van der Waals surface area contributed by atoms with Gasteiger partial charge in [-0.2, -0.15) is 0 Å². The Hall–Kier alpha value is -1.84. The molecule has 1 aromatic rings. The third kappa shape index (κ3) is 2.48. The number of para-hydroxylation sites is 1. The van der Waals surface area contributed by atoms with Crippen LogP contribution in [0.4, 0.5) is 5.69 Å². The van der Waals surface area contributed by atoms with E-state index in [-0.39, 0.29) is 17.7 Å². The number of rotatable bonds is 3. The number of amides is 2. The molecule has 0 bridgehead atoms. The quantitative estimate of drug-likeness (QED) is 0.903.